The number of benzene rings is 2. The third kappa shape index (κ3) is 5.57. The summed E-state index contributed by atoms with van der Waals surface area (Å²) in [5.74, 6) is 1.37. The Labute approximate surface area is 147 Å². The number of carbonyl (C=O) groups excluding carboxylic acids is 1. The topological polar surface area (TPSA) is 54.0 Å². The van der Waals surface area contributed by atoms with Crippen molar-refractivity contribution in [2.75, 3.05) is 20.8 Å². The summed E-state index contributed by atoms with van der Waals surface area (Å²) in [5, 5.41) is 0. The third-order valence-electron chi connectivity index (χ3n) is 3.45. The molecule has 0 bridgehead atoms. The second kappa shape index (κ2) is 9.37. The molecule has 0 atom stereocenters. The Hall–Kier alpha value is -2.95. The quantitative estimate of drug-likeness (QED) is 0.682. The van der Waals surface area contributed by atoms with E-state index in [1.807, 2.05) is 55.5 Å². The van der Waals surface area contributed by atoms with Gasteiger partial charge < -0.3 is 18.9 Å². The lowest BCUT2D eigenvalue weighted by Gasteiger charge is -2.11. The monoisotopic (exact) mass is 342 g/mol. The highest BCUT2D eigenvalue weighted by Gasteiger charge is 2.09. The van der Waals surface area contributed by atoms with Crippen molar-refractivity contribution in [3.63, 3.8) is 0 Å². The molecule has 2 rings (SSSR count). The number of hydrogen-bond acceptors (Lipinski definition) is 5. The first-order valence-corrected chi connectivity index (χ1v) is 7.88. The van der Waals surface area contributed by atoms with Crippen LogP contribution in [0.15, 0.2) is 48.5 Å². The van der Waals surface area contributed by atoms with Gasteiger partial charge in [0.05, 0.1) is 14.2 Å². The molecule has 0 aliphatic heterocycles. The first-order chi connectivity index (χ1) is 12.2. The zero-order valence-electron chi connectivity index (χ0n) is 14.7. The Morgan fingerprint density at radius 1 is 1.00 bits per heavy atom. The Balaban J connectivity index is 1.86. The predicted octanol–water partition coefficient (Wildman–Crippen LogP) is 3.86. The van der Waals surface area contributed by atoms with Crippen LogP contribution in [0.25, 0.3) is 6.08 Å². The zero-order chi connectivity index (χ0) is 18.1. The minimum Gasteiger partial charge on any atom is -0.497 e. The maximum atomic E-state index is 11.9. The van der Waals surface area contributed by atoms with Gasteiger partial charge in [-0.3, -0.25) is 0 Å². The van der Waals surface area contributed by atoms with Gasteiger partial charge in [0.15, 0.2) is 18.1 Å². The lowest BCUT2D eigenvalue weighted by atomic mass is 10.2. The molecule has 0 radical (unpaired) electrons. The first-order valence-electron chi connectivity index (χ1n) is 7.88. The van der Waals surface area contributed by atoms with Crippen LogP contribution in [0.2, 0.25) is 0 Å². The Morgan fingerprint density at radius 3 is 2.40 bits per heavy atom. The summed E-state index contributed by atoms with van der Waals surface area (Å²) in [6.07, 6.45) is 3.89. The number of rotatable bonds is 8. The molecular formula is C20H22O5. The summed E-state index contributed by atoms with van der Waals surface area (Å²) in [7, 11) is 3.16. The molecule has 2 aromatic rings. The normalized spacial score (nSPS) is 10.5. The first kappa shape index (κ1) is 18.4. The summed E-state index contributed by atoms with van der Waals surface area (Å²) >= 11 is 0. The van der Waals surface area contributed by atoms with Gasteiger partial charge in [0.2, 0.25) is 0 Å². The minimum atomic E-state index is -0.449. The molecular weight excluding hydrogens is 320 g/mol. The maximum absolute atomic E-state index is 11.9. The van der Waals surface area contributed by atoms with Crippen LogP contribution >= 0.6 is 0 Å². The van der Waals surface area contributed by atoms with Gasteiger partial charge in [0.25, 0.3) is 0 Å². The number of esters is 1. The van der Waals surface area contributed by atoms with Crippen molar-refractivity contribution < 1.29 is 23.7 Å². The van der Waals surface area contributed by atoms with Crippen LogP contribution < -0.4 is 14.2 Å². The van der Waals surface area contributed by atoms with Crippen molar-refractivity contribution in [2.24, 2.45) is 0 Å². The number of ether oxygens (including phenoxy) is 4. The molecule has 132 valence electrons. The molecule has 0 aliphatic rings. The highest BCUT2D eigenvalue weighted by atomic mass is 16.6. The van der Waals surface area contributed by atoms with Crippen LogP contribution in [0.1, 0.15) is 18.1 Å². The lowest BCUT2D eigenvalue weighted by molar-refractivity contribution is -0.147. The SMILES string of the molecule is C/C=C\c1ccc(OCC(=O)OCc2ccc(OC)cc2)c(OC)c1. The predicted molar refractivity (Wildman–Crippen MR) is 96.0 cm³/mol. The van der Waals surface area contributed by atoms with Crippen LogP contribution in [0, 0.1) is 0 Å². The van der Waals surface area contributed by atoms with E-state index in [2.05, 4.69) is 0 Å². The molecule has 0 aromatic heterocycles. The smallest absolute Gasteiger partial charge is 0.344 e. The van der Waals surface area contributed by atoms with E-state index in [1.54, 1.807) is 20.3 Å². The Morgan fingerprint density at radius 2 is 1.76 bits per heavy atom. The Kier molecular flexibility index (Phi) is 6.89. The average Bonchev–Trinajstić information content (AvgIpc) is 2.65. The van der Waals surface area contributed by atoms with Gasteiger partial charge in [-0.15, -0.1) is 0 Å². The van der Waals surface area contributed by atoms with Gasteiger partial charge in [0, 0.05) is 0 Å². The fourth-order valence-corrected chi connectivity index (χ4v) is 2.16. The van der Waals surface area contributed by atoms with Crippen LogP contribution in [0.5, 0.6) is 17.2 Å². The zero-order valence-corrected chi connectivity index (χ0v) is 14.7. The molecule has 25 heavy (non-hydrogen) atoms. The van der Waals surface area contributed by atoms with Gasteiger partial charge >= 0.3 is 5.97 Å². The second-order valence-electron chi connectivity index (χ2n) is 5.21. The average molecular weight is 342 g/mol. The number of methoxy groups -OCH3 is 2. The molecule has 0 saturated heterocycles. The third-order valence-corrected chi connectivity index (χ3v) is 3.45. The van der Waals surface area contributed by atoms with Crippen LogP contribution in [-0.2, 0) is 16.1 Å². The van der Waals surface area contributed by atoms with E-state index in [1.165, 1.54) is 0 Å². The van der Waals surface area contributed by atoms with E-state index < -0.39 is 5.97 Å². The van der Waals surface area contributed by atoms with E-state index in [0.29, 0.717) is 11.5 Å². The molecule has 5 heteroatoms. The van der Waals surface area contributed by atoms with Crippen molar-refractivity contribution in [3.05, 3.63) is 59.7 Å². The number of carbonyl (C=O) groups is 1. The van der Waals surface area contributed by atoms with E-state index in [4.69, 9.17) is 18.9 Å². The summed E-state index contributed by atoms with van der Waals surface area (Å²) in [6.45, 7) is 1.94. The van der Waals surface area contributed by atoms with Crippen molar-refractivity contribution >= 4 is 12.0 Å². The number of allylic oxidation sites excluding steroid dienone is 1. The lowest BCUT2D eigenvalue weighted by Crippen LogP contribution is -2.15. The minimum absolute atomic E-state index is 0.184. The molecule has 0 aliphatic carbocycles. The molecule has 0 saturated carbocycles. The van der Waals surface area contributed by atoms with Gasteiger partial charge in [-0.25, -0.2) is 4.79 Å². The van der Waals surface area contributed by atoms with Crippen LogP contribution in [0.3, 0.4) is 0 Å². The molecule has 0 N–H and O–H groups in total. The van der Waals surface area contributed by atoms with Crippen molar-refractivity contribution in [1.29, 1.82) is 0 Å². The number of hydrogen-bond donors (Lipinski definition) is 0. The van der Waals surface area contributed by atoms with Gasteiger partial charge in [-0.1, -0.05) is 30.4 Å². The molecule has 0 fully saturated rings. The van der Waals surface area contributed by atoms with E-state index in [-0.39, 0.29) is 13.2 Å². The fraction of sp³-hybridized carbons (Fsp3) is 0.250. The largest absolute Gasteiger partial charge is 0.497 e. The molecule has 5 nitrogen and oxygen atoms in total. The molecule has 2 aromatic carbocycles. The van der Waals surface area contributed by atoms with Crippen molar-refractivity contribution in [3.8, 4) is 17.2 Å². The fourth-order valence-electron chi connectivity index (χ4n) is 2.16. The van der Waals surface area contributed by atoms with Gasteiger partial charge in [-0.2, -0.15) is 0 Å². The highest BCUT2D eigenvalue weighted by Crippen LogP contribution is 2.28. The highest BCUT2D eigenvalue weighted by molar-refractivity contribution is 5.71. The van der Waals surface area contributed by atoms with Crippen LogP contribution in [0.4, 0.5) is 0 Å². The molecule has 0 unspecified atom stereocenters. The van der Waals surface area contributed by atoms with Crippen molar-refractivity contribution in [1.82, 2.24) is 0 Å². The van der Waals surface area contributed by atoms with Gasteiger partial charge in [0.1, 0.15) is 12.4 Å². The maximum Gasteiger partial charge on any atom is 0.344 e. The summed E-state index contributed by atoms with van der Waals surface area (Å²) in [5.41, 5.74) is 1.87. The molecule has 0 spiro atoms. The van der Waals surface area contributed by atoms with E-state index in [0.717, 1.165) is 16.9 Å². The van der Waals surface area contributed by atoms with Gasteiger partial charge in [-0.05, 0) is 42.3 Å². The second-order valence-corrected chi connectivity index (χ2v) is 5.21. The summed E-state index contributed by atoms with van der Waals surface area (Å²) < 4.78 is 21.1. The Bertz CT molecular complexity index is 719. The molecule has 0 heterocycles. The van der Waals surface area contributed by atoms with Crippen LogP contribution in [-0.4, -0.2) is 26.8 Å². The molecule has 0 amide bonds. The van der Waals surface area contributed by atoms with E-state index >= 15 is 0 Å². The standard InChI is InChI=1S/C20H22O5/c1-4-5-15-8-11-18(19(12-15)23-3)24-14-20(21)25-13-16-6-9-17(22-2)10-7-16/h4-12H,13-14H2,1-3H3/b5-4-. The summed E-state index contributed by atoms with van der Waals surface area (Å²) in [4.78, 5) is 11.9. The van der Waals surface area contributed by atoms with E-state index in [9.17, 15) is 4.79 Å². The van der Waals surface area contributed by atoms with Crippen molar-refractivity contribution in [2.45, 2.75) is 13.5 Å². The summed E-state index contributed by atoms with van der Waals surface area (Å²) in [6, 6.07) is 12.8.